The molecule has 1 aromatic rings. The molecule has 3 nitrogen and oxygen atoms in total. The van der Waals surface area contributed by atoms with Gasteiger partial charge in [0.15, 0.2) is 0 Å². The fourth-order valence-electron chi connectivity index (χ4n) is 2.68. The standard InChI is InChI=1S/C14H25N3/c1-4-8-14(3,9-5-2)10-6-7-11(15)13(17)12(10)16/h6-7H,4-5,8-9,15-17H2,1-3H3. The third kappa shape index (κ3) is 2.65. The van der Waals surface area contributed by atoms with Crippen LogP contribution in [-0.2, 0) is 5.41 Å². The fraction of sp³-hybridized carbons (Fsp3) is 0.571. The Labute approximate surface area is 104 Å². The lowest BCUT2D eigenvalue weighted by molar-refractivity contribution is 0.393. The first-order valence-corrected chi connectivity index (χ1v) is 6.40. The summed E-state index contributed by atoms with van der Waals surface area (Å²) in [4.78, 5) is 0. The molecule has 3 heteroatoms. The average molecular weight is 235 g/mol. The van der Waals surface area contributed by atoms with E-state index >= 15 is 0 Å². The second-order valence-corrected chi connectivity index (χ2v) is 5.09. The molecule has 0 unspecified atom stereocenters. The van der Waals surface area contributed by atoms with E-state index in [0.717, 1.165) is 31.2 Å². The van der Waals surface area contributed by atoms with Crippen LogP contribution in [-0.4, -0.2) is 0 Å². The highest BCUT2D eigenvalue weighted by Gasteiger charge is 2.27. The third-order valence-corrected chi connectivity index (χ3v) is 3.57. The molecular weight excluding hydrogens is 210 g/mol. The van der Waals surface area contributed by atoms with Gasteiger partial charge >= 0.3 is 0 Å². The molecule has 0 atom stereocenters. The van der Waals surface area contributed by atoms with Gasteiger partial charge in [-0.05, 0) is 29.9 Å². The van der Waals surface area contributed by atoms with Gasteiger partial charge in [0.1, 0.15) is 0 Å². The smallest absolute Gasteiger partial charge is 0.0784 e. The number of anilines is 3. The maximum absolute atomic E-state index is 6.13. The monoisotopic (exact) mass is 235 g/mol. The van der Waals surface area contributed by atoms with Crippen LogP contribution in [0.1, 0.15) is 52.0 Å². The molecule has 96 valence electrons. The highest BCUT2D eigenvalue weighted by molar-refractivity contribution is 5.80. The van der Waals surface area contributed by atoms with Gasteiger partial charge in [-0.2, -0.15) is 0 Å². The summed E-state index contributed by atoms with van der Waals surface area (Å²) in [5, 5.41) is 0. The average Bonchev–Trinajstić information content (AvgIpc) is 2.26. The maximum Gasteiger partial charge on any atom is 0.0784 e. The summed E-state index contributed by atoms with van der Waals surface area (Å²) < 4.78 is 0. The zero-order valence-corrected chi connectivity index (χ0v) is 11.2. The molecule has 0 saturated carbocycles. The van der Waals surface area contributed by atoms with Gasteiger partial charge in [0, 0.05) is 0 Å². The molecule has 1 aromatic carbocycles. The number of nitrogens with two attached hydrogens (primary N) is 3. The van der Waals surface area contributed by atoms with Crippen molar-refractivity contribution in [2.75, 3.05) is 17.2 Å². The van der Waals surface area contributed by atoms with E-state index in [1.807, 2.05) is 12.1 Å². The topological polar surface area (TPSA) is 78.1 Å². The van der Waals surface area contributed by atoms with Crippen molar-refractivity contribution >= 4 is 17.1 Å². The highest BCUT2D eigenvalue weighted by atomic mass is 14.7. The first-order chi connectivity index (χ1) is 7.96. The molecule has 0 aliphatic heterocycles. The molecule has 0 spiro atoms. The molecule has 0 amide bonds. The summed E-state index contributed by atoms with van der Waals surface area (Å²) in [5.74, 6) is 0. The number of hydrogen-bond acceptors (Lipinski definition) is 3. The zero-order valence-electron chi connectivity index (χ0n) is 11.2. The molecule has 0 bridgehead atoms. The fourth-order valence-corrected chi connectivity index (χ4v) is 2.68. The minimum absolute atomic E-state index is 0.107. The second-order valence-electron chi connectivity index (χ2n) is 5.09. The number of rotatable bonds is 5. The van der Waals surface area contributed by atoms with Crippen molar-refractivity contribution in [1.82, 2.24) is 0 Å². The first kappa shape index (κ1) is 13.7. The Kier molecular flexibility index (Phi) is 4.27. The van der Waals surface area contributed by atoms with Gasteiger partial charge in [-0.25, -0.2) is 0 Å². The lowest BCUT2D eigenvalue weighted by Gasteiger charge is -2.31. The van der Waals surface area contributed by atoms with Crippen LogP contribution in [0.3, 0.4) is 0 Å². The van der Waals surface area contributed by atoms with E-state index in [1.54, 1.807) is 0 Å². The minimum Gasteiger partial charge on any atom is -0.397 e. The highest BCUT2D eigenvalue weighted by Crippen LogP contribution is 2.40. The lowest BCUT2D eigenvalue weighted by atomic mass is 9.74. The Morgan fingerprint density at radius 1 is 0.941 bits per heavy atom. The van der Waals surface area contributed by atoms with Gasteiger partial charge in [0.05, 0.1) is 17.1 Å². The summed E-state index contributed by atoms with van der Waals surface area (Å²) in [5.41, 5.74) is 20.8. The van der Waals surface area contributed by atoms with Crippen LogP contribution < -0.4 is 17.2 Å². The predicted octanol–water partition coefficient (Wildman–Crippen LogP) is 3.29. The van der Waals surface area contributed by atoms with Crippen LogP contribution in [0.2, 0.25) is 0 Å². The SMILES string of the molecule is CCCC(C)(CCC)c1ccc(N)c(N)c1N. The Bertz CT molecular complexity index is 379. The maximum atomic E-state index is 6.13. The molecule has 0 aliphatic carbocycles. The van der Waals surface area contributed by atoms with E-state index in [9.17, 15) is 0 Å². The van der Waals surface area contributed by atoms with E-state index in [4.69, 9.17) is 17.2 Å². The van der Waals surface area contributed by atoms with Crippen molar-refractivity contribution in [3.8, 4) is 0 Å². The summed E-state index contributed by atoms with van der Waals surface area (Å²) in [6.45, 7) is 6.66. The van der Waals surface area contributed by atoms with Crippen molar-refractivity contribution in [2.45, 2.75) is 51.9 Å². The molecule has 0 aromatic heterocycles. The molecule has 17 heavy (non-hydrogen) atoms. The van der Waals surface area contributed by atoms with Gasteiger partial charge in [0.2, 0.25) is 0 Å². The van der Waals surface area contributed by atoms with Crippen LogP contribution in [0.4, 0.5) is 17.1 Å². The van der Waals surface area contributed by atoms with Crippen molar-refractivity contribution < 1.29 is 0 Å². The van der Waals surface area contributed by atoms with Crippen molar-refractivity contribution in [1.29, 1.82) is 0 Å². The molecular formula is C14H25N3. The molecule has 1 rings (SSSR count). The predicted molar refractivity (Wildman–Crippen MR) is 76.8 cm³/mol. The van der Waals surface area contributed by atoms with Crippen molar-refractivity contribution in [3.05, 3.63) is 17.7 Å². The van der Waals surface area contributed by atoms with Crippen LogP contribution in [0, 0.1) is 0 Å². The van der Waals surface area contributed by atoms with Gasteiger partial charge in [0.25, 0.3) is 0 Å². The van der Waals surface area contributed by atoms with E-state index in [1.165, 1.54) is 0 Å². The van der Waals surface area contributed by atoms with Crippen LogP contribution in [0.25, 0.3) is 0 Å². The van der Waals surface area contributed by atoms with E-state index in [0.29, 0.717) is 17.1 Å². The molecule has 0 saturated heterocycles. The molecule has 0 aliphatic rings. The van der Waals surface area contributed by atoms with Crippen LogP contribution in [0.5, 0.6) is 0 Å². The van der Waals surface area contributed by atoms with Gasteiger partial charge < -0.3 is 17.2 Å². The van der Waals surface area contributed by atoms with Gasteiger partial charge in [-0.1, -0.05) is 39.7 Å². The zero-order chi connectivity index (χ0) is 13.1. The van der Waals surface area contributed by atoms with Crippen molar-refractivity contribution in [3.63, 3.8) is 0 Å². The Hall–Kier alpha value is -1.38. The van der Waals surface area contributed by atoms with E-state index < -0.39 is 0 Å². The second kappa shape index (κ2) is 5.30. The van der Waals surface area contributed by atoms with Crippen molar-refractivity contribution in [2.24, 2.45) is 0 Å². The number of nitrogen functional groups attached to an aromatic ring is 3. The minimum atomic E-state index is 0.107. The summed E-state index contributed by atoms with van der Waals surface area (Å²) in [6, 6.07) is 3.90. The molecule has 0 fully saturated rings. The Morgan fingerprint density at radius 3 is 1.94 bits per heavy atom. The van der Waals surface area contributed by atoms with Crippen LogP contribution in [0.15, 0.2) is 12.1 Å². The van der Waals surface area contributed by atoms with Gasteiger partial charge in [-0.3, -0.25) is 0 Å². The third-order valence-electron chi connectivity index (χ3n) is 3.57. The Morgan fingerprint density at radius 2 is 1.47 bits per heavy atom. The molecule has 0 radical (unpaired) electrons. The quantitative estimate of drug-likeness (QED) is 0.685. The number of benzene rings is 1. The lowest BCUT2D eigenvalue weighted by Crippen LogP contribution is -2.24. The number of hydrogen-bond donors (Lipinski definition) is 3. The summed E-state index contributed by atoms with van der Waals surface area (Å²) >= 11 is 0. The Balaban J connectivity index is 3.24. The van der Waals surface area contributed by atoms with Gasteiger partial charge in [-0.15, -0.1) is 0 Å². The van der Waals surface area contributed by atoms with E-state index in [-0.39, 0.29) is 5.41 Å². The van der Waals surface area contributed by atoms with E-state index in [2.05, 4.69) is 20.8 Å². The van der Waals surface area contributed by atoms with Crippen LogP contribution >= 0.6 is 0 Å². The largest absolute Gasteiger partial charge is 0.397 e. The summed E-state index contributed by atoms with van der Waals surface area (Å²) in [6.07, 6.45) is 4.52. The first-order valence-electron chi connectivity index (χ1n) is 6.40. The molecule has 0 heterocycles. The normalized spacial score (nSPS) is 11.7. The molecule has 6 N–H and O–H groups in total. The summed E-state index contributed by atoms with van der Waals surface area (Å²) in [7, 11) is 0.